The Morgan fingerprint density at radius 3 is 2.55 bits per heavy atom. The molecule has 31 heavy (non-hydrogen) atoms. The molecule has 1 amide bonds. The molecule has 4 rings (SSSR count). The van der Waals surface area contributed by atoms with E-state index >= 15 is 0 Å². The smallest absolute Gasteiger partial charge is 0.220 e. The first kappa shape index (κ1) is 21.3. The van der Waals surface area contributed by atoms with Gasteiger partial charge in [0.25, 0.3) is 0 Å². The summed E-state index contributed by atoms with van der Waals surface area (Å²) in [6.45, 7) is 4.37. The fraction of sp³-hybridized carbons (Fsp3) is 0.346. The zero-order valence-electron chi connectivity index (χ0n) is 17.8. The van der Waals surface area contributed by atoms with Crippen molar-refractivity contribution in [3.05, 3.63) is 78.4 Å². The molecule has 162 valence electrons. The molecule has 1 saturated heterocycles. The SMILES string of the molecule is O=C(CCCOc1cccc2ccccc12)NCC(c1ccccc1)N1CCOCC1. The third kappa shape index (κ3) is 5.84. The highest BCUT2D eigenvalue weighted by Crippen LogP contribution is 2.25. The molecule has 5 nitrogen and oxygen atoms in total. The van der Waals surface area contributed by atoms with E-state index in [2.05, 4.69) is 52.7 Å². The van der Waals surface area contributed by atoms with Crippen molar-refractivity contribution in [3.8, 4) is 5.75 Å². The average Bonchev–Trinajstić information content (AvgIpc) is 2.83. The second-order valence-electron chi connectivity index (χ2n) is 7.81. The van der Waals surface area contributed by atoms with Crippen LogP contribution in [0.4, 0.5) is 0 Å². The number of ether oxygens (including phenoxy) is 2. The summed E-state index contributed by atoms with van der Waals surface area (Å²) in [6.07, 6.45) is 1.14. The molecule has 1 atom stereocenters. The van der Waals surface area contributed by atoms with Crippen molar-refractivity contribution in [3.63, 3.8) is 0 Å². The molecule has 3 aromatic carbocycles. The van der Waals surface area contributed by atoms with Gasteiger partial charge in [-0.15, -0.1) is 0 Å². The van der Waals surface area contributed by atoms with Crippen molar-refractivity contribution in [2.75, 3.05) is 39.5 Å². The van der Waals surface area contributed by atoms with Gasteiger partial charge in [-0.25, -0.2) is 0 Å². The number of fused-ring (bicyclic) bond motifs is 1. The molecule has 1 N–H and O–H groups in total. The summed E-state index contributed by atoms with van der Waals surface area (Å²) in [4.78, 5) is 14.9. The van der Waals surface area contributed by atoms with Gasteiger partial charge in [0.15, 0.2) is 0 Å². The molecule has 1 fully saturated rings. The maximum atomic E-state index is 12.5. The Balaban J connectivity index is 1.25. The lowest BCUT2D eigenvalue weighted by Gasteiger charge is -2.35. The minimum absolute atomic E-state index is 0.0655. The summed E-state index contributed by atoms with van der Waals surface area (Å²) in [6, 6.07) is 24.8. The fourth-order valence-electron chi connectivity index (χ4n) is 4.06. The van der Waals surface area contributed by atoms with Gasteiger partial charge in [0, 0.05) is 31.4 Å². The molecule has 0 aromatic heterocycles. The van der Waals surface area contributed by atoms with Gasteiger partial charge in [0.1, 0.15) is 5.75 Å². The van der Waals surface area contributed by atoms with E-state index in [1.54, 1.807) is 0 Å². The van der Waals surface area contributed by atoms with E-state index in [-0.39, 0.29) is 11.9 Å². The van der Waals surface area contributed by atoms with E-state index in [0.29, 0.717) is 26.0 Å². The fourth-order valence-corrected chi connectivity index (χ4v) is 4.06. The molecule has 0 radical (unpaired) electrons. The van der Waals surface area contributed by atoms with Gasteiger partial charge < -0.3 is 14.8 Å². The molecule has 0 spiro atoms. The van der Waals surface area contributed by atoms with Crippen molar-refractivity contribution < 1.29 is 14.3 Å². The normalized spacial score (nSPS) is 15.5. The van der Waals surface area contributed by atoms with Gasteiger partial charge >= 0.3 is 0 Å². The first-order valence-electron chi connectivity index (χ1n) is 11.1. The summed E-state index contributed by atoms with van der Waals surface area (Å²) >= 11 is 0. The van der Waals surface area contributed by atoms with Crippen molar-refractivity contribution in [1.82, 2.24) is 10.2 Å². The van der Waals surface area contributed by atoms with Crippen LogP contribution in [0.15, 0.2) is 72.8 Å². The average molecular weight is 419 g/mol. The molecule has 1 aliphatic rings. The number of rotatable bonds is 9. The van der Waals surface area contributed by atoms with Crippen LogP contribution in [0.3, 0.4) is 0 Å². The molecule has 0 bridgehead atoms. The van der Waals surface area contributed by atoms with Gasteiger partial charge in [0.2, 0.25) is 5.91 Å². The summed E-state index contributed by atoms with van der Waals surface area (Å²) in [5.74, 6) is 0.936. The number of hydrogen-bond acceptors (Lipinski definition) is 4. The quantitative estimate of drug-likeness (QED) is 0.530. The van der Waals surface area contributed by atoms with Crippen LogP contribution in [0.5, 0.6) is 5.75 Å². The number of carbonyl (C=O) groups is 1. The van der Waals surface area contributed by atoms with Crippen LogP contribution >= 0.6 is 0 Å². The Kier molecular flexibility index (Phi) is 7.53. The van der Waals surface area contributed by atoms with Gasteiger partial charge in [-0.2, -0.15) is 0 Å². The van der Waals surface area contributed by atoms with Crippen molar-refractivity contribution in [2.24, 2.45) is 0 Å². The molecule has 1 unspecified atom stereocenters. The van der Waals surface area contributed by atoms with Crippen LogP contribution in [0, 0.1) is 0 Å². The molecule has 3 aromatic rings. The predicted molar refractivity (Wildman–Crippen MR) is 123 cm³/mol. The van der Waals surface area contributed by atoms with Gasteiger partial charge in [0.05, 0.1) is 25.9 Å². The number of nitrogens with zero attached hydrogens (tertiary/aromatic N) is 1. The Morgan fingerprint density at radius 2 is 1.71 bits per heavy atom. The lowest BCUT2D eigenvalue weighted by Crippen LogP contribution is -2.43. The van der Waals surface area contributed by atoms with Gasteiger partial charge in [-0.3, -0.25) is 9.69 Å². The van der Waals surface area contributed by atoms with Gasteiger partial charge in [-0.1, -0.05) is 66.7 Å². The van der Waals surface area contributed by atoms with Crippen molar-refractivity contribution in [1.29, 1.82) is 0 Å². The van der Waals surface area contributed by atoms with Crippen LogP contribution in [0.2, 0.25) is 0 Å². The van der Waals surface area contributed by atoms with E-state index in [4.69, 9.17) is 9.47 Å². The van der Waals surface area contributed by atoms with E-state index in [9.17, 15) is 4.79 Å². The molecule has 0 saturated carbocycles. The van der Waals surface area contributed by atoms with Gasteiger partial charge in [-0.05, 0) is 23.4 Å². The van der Waals surface area contributed by atoms with Crippen LogP contribution in [0.1, 0.15) is 24.4 Å². The van der Waals surface area contributed by atoms with Crippen LogP contribution in [0.25, 0.3) is 10.8 Å². The highest BCUT2D eigenvalue weighted by Gasteiger charge is 2.22. The summed E-state index contributed by atoms with van der Waals surface area (Å²) in [5.41, 5.74) is 1.23. The Bertz CT molecular complexity index is 965. The monoisotopic (exact) mass is 418 g/mol. The van der Waals surface area contributed by atoms with E-state index < -0.39 is 0 Å². The number of nitrogens with one attached hydrogen (secondary N) is 1. The minimum atomic E-state index is 0.0655. The standard InChI is InChI=1S/C26H30N2O3/c29-26(14-7-17-31-25-13-6-11-21-8-4-5-12-23(21)25)27-20-24(22-9-2-1-3-10-22)28-15-18-30-19-16-28/h1-6,8-13,24H,7,14-20H2,(H,27,29). The second kappa shape index (κ2) is 10.9. The zero-order valence-corrected chi connectivity index (χ0v) is 17.8. The molecule has 0 aliphatic carbocycles. The van der Waals surface area contributed by atoms with Crippen LogP contribution in [-0.4, -0.2) is 50.3 Å². The first-order valence-corrected chi connectivity index (χ1v) is 11.1. The largest absolute Gasteiger partial charge is 0.493 e. The van der Waals surface area contributed by atoms with E-state index in [1.165, 1.54) is 5.56 Å². The number of amides is 1. The first-order chi connectivity index (χ1) is 15.3. The highest BCUT2D eigenvalue weighted by molar-refractivity contribution is 5.88. The minimum Gasteiger partial charge on any atom is -0.493 e. The number of morpholine rings is 1. The number of benzene rings is 3. The molecule has 1 aliphatic heterocycles. The maximum absolute atomic E-state index is 12.5. The molecule has 5 heteroatoms. The summed E-state index contributed by atoms with van der Waals surface area (Å²) < 4.78 is 11.5. The molecule has 1 heterocycles. The molecular formula is C26H30N2O3. The Morgan fingerprint density at radius 1 is 0.968 bits per heavy atom. The third-order valence-corrected chi connectivity index (χ3v) is 5.72. The lowest BCUT2D eigenvalue weighted by molar-refractivity contribution is -0.121. The maximum Gasteiger partial charge on any atom is 0.220 e. The van der Waals surface area contributed by atoms with Crippen molar-refractivity contribution >= 4 is 16.7 Å². The third-order valence-electron chi connectivity index (χ3n) is 5.72. The van der Waals surface area contributed by atoms with Crippen LogP contribution < -0.4 is 10.1 Å². The molecular weight excluding hydrogens is 388 g/mol. The highest BCUT2D eigenvalue weighted by atomic mass is 16.5. The van der Waals surface area contributed by atoms with Crippen molar-refractivity contribution in [2.45, 2.75) is 18.9 Å². The van der Waals surface area contributed by atoms with E-state index in [1.807, 2.05) is 30.3 Å². The predicted octanol–water partition coefficient (Wildman–Crippen LogP) is 4.19. The zero-order chi connectivity index (χ0) is 21.3. The Hall–Kier alpha value is -2.89. The lowest BCUT2D eigenvalue weighted by atomic mass is 10.0. The number of carbonyl (C=O) groups excluding carboxylic acids is 1. The summed E-state index contributed by atoms with van der Waals surface area (Å²) in [7, 11) is 0. The number of hydrogen-bond donors (Lipinski definition) is 1. The second-order valence-corrected chi connectivity index (χ2v) is 7.81. The van der Waals surface area contributed by atoms with E-state index in [0.717, 1.165) is 42.8 Å². The summed E-state index contributed by atoms with van der Waals surface area (Å²) in [5, 5.41) is 5.39. The Labute approximate surface area is 184 Å². The topological polar surface area (TPSA) is 50.8 Å². The van der Waals surface area contributed by atoms with Crippen LogP contribution in [-0.2, 0) is 9.53 Å².